The van der Waals surface area contributed by atoms with E-state index in [2.05, 4.69) is 51.7 Å². The quantitative estimate of drug-likeness (QED) is 0.349. The van der Waals surface area contributed by atoms with Gasteiger partial charge in [-0.25, -0.2) is 4.39 Å². The molecule has 2 aromatic rings. The molecule has 0 atom stereocenters. The molecule has 29 heavy (non-hydrogen) atoms. The number of aryl methyl sites for hydroxylation is 1. The van der Waals surface area contributed by atoms with Crippen LogP contribution in [0.25, 0.3) is 0 Å². The van der Waals surface area contributed by atoms with Crippen molar-refractivity contribution < 1.29 is 4.39 Å². The first-order valence-electron chi connectivity index (χ1n) is 10.1. The number of rotatable bonds is 6. The Hall–Kier alpha value is -1.67. The Morgan fingerprint density at radius 1 is 1.03 bits per heavy atom. The van der Waals surface area contributed by atoms with Crippen LogP contribution in [0.1, 0.15) is 29.5 Å². The van der Waals surface area contributed by atoms with E-state index in [1.54, 1.807) is 0 Å². The SMILES string of the molecule is CN=C(NCCc1ccc(C)cc1)NC1CCN(Cc2ccc(F)cc2)CC1.I. The van der Waals surface area contributed by atoms with E-state index in [4.69, 9.17) is 0 Å². The zero-order valence-electron chi connectivity index (χ0n) is 17.3. The van der Waals surface area contributed by atoms with Gasteiger partial charge >= 0.3 is 0 Å². The van der Waals surface area contributed by atoms with Crippen molar-refractivity contribution in [3.63, 3.8) is 0 Å². The van der Waals surface area contributed by atoms with Crippen molar-refractivity contribution in [3.8, 4) is 0 Å². The molecule has 1 fully saturated rings. The Kier molecular flexibility index (Phi) is 9.87. The van der Waals surface area contributed by atoms with E-state index >= 15 is 0 Å². The average molecular weight is 510 g/mol. The number of nitrogens with one attached hydrogen (secondary N) is 2. The number of likely N-dealkylation sites (tertiary alicyclic amines) is 1. The molecule has 158 valence electrons. The van der Waals surface area contributed by atoms with Crippen LogP contribution in [0.4, 0.5) is 4.39 Å². The number of nitrogens with zero attached hydrogens (tertiary/aromatic N) is 2. The molecule has 0 amide bonds. The lowest BCUT2D eigenvalue weighted by Gasteiger charge is -2.33. The maximum Gasteiger partial charge on any atom is 0.191 e. The summed E-state index contributed by atoms with van der Waals surface area (Å²) in [5.41, 5.74) is 3.80. The highest BCUT2D eigenvalue weighted by atomic mass is 127. The van der Waals surface area contributed by atoms with Crippen molar-refractivity contribution in [2.24, 2.45) is 4.99 Å². The number of hydrogen-bond donors (Lipinski definition) is 2. The summed E-state index contributed by atoms with van der Waals surface area (Å²) >= 11 is 0. The Morgan fingerprint density at radius 3 is 2.28 bits per heavy atom. The fraction of sp³-hybridized carbons (Fsp3) is 0.435. The monoisotopic (exact) mass is 510 g/mol. The minimum atomic E-state index is -0.173. The minimum absolute atomic E-state index is 0. The molecule has 2 N–H and O–H groups in total. The topological polar surface area (TPSA) is 39.7 Å². The number of aliphatic imine (C=N–C) groups is 1. The molecule has 0 unspecified atom stereocenters. The first-order chi connectivity index (χ1) is 13.6. The number of piperidine rings is 1. The third kappa shape index (κ3) is 7.93. The summed E-state index contributed by atoms with van der Waals surface area (Å²) in [5.74, 6) is 0.706. The van der Waals surface area contributed by atoms with Gasteiger partial charge in [-0.2, -0.15) is 0 Å². The van der Waals surface area contributed by atoms with Crippen molar-refractivity contribution in [1.82, 2.24) is 15.5 Å². The van der Waals surface area contributed by atoms with Gasteiger partial charge in [0.1, 0.15) is 5.82 Å². The Labute approximate surface area is 191 Å². The van der Waals surface area contributed by atoms with Gasteiger partial charge in [-0.05, 0) is 49.4 Å². The highest BCUT2D eigenvalue weighted by Gasteiger charge is 2.20. The predicted molar refractivity (Wildman–Crippen MR) is 129 cm³/mol. The molecule has 0 aromatic heterocycles. The molecule has 0 saturated carbocycles. The van der Waals surface area contributed by atoms with Gasteiger partial charge in [0.15, 0.2) is 5.96 Å². The van der Waals surface area contributed by atoms with E-state index in [-0.39, 0.29) is 29.8 Å². The molecular weight excluding hydrogens is 478 g/mol. The van der Waals surface area contributed by atoms with Gasteiger partial charge in [-0.3, -0.25) is 9.89 Å². The summed E-state index contributed by atoms with van der Waals surface area (Å²) in [6.07, 6.45) is 3.15. The van der Waals surface area contributed by atoms with Gasteiger partial charge in [0.25, 0.3) is 0 Å². The molecule has 1 aliphatic heterocycles. The summed E-state index contributed by atoms with van der Waals surface area (Å²) in [6.45, 7) is 5.94. The molecule has 1 heterocycles. The molecule has 2 aromatic carbocycles. The molecule has 6 heteroatoms. The molecule has 0 spiro atoms. The van der Waals surface area contributed by atoms with Crippen molar-refractivity contribution in [1.29, 1.82) is 0 Å². The van der Waals surface area contributed by atoms with E-state index in [1.807, 2.05) is 19.2 Å². The van der Waals surface area contributed by atoms with Crippen molar-refractivity contribution >= 4 is 29.9 Å². The number of benzene rings is 2. The van der Waals surface area contributed by atoms with E-state index in [0.717, 1.165) is 51.4 Å². The van der Waals surface area contributed by atoms with Crippen LogP contribution in [0.5, 0.6) is 0 Å². The maximum atomic E-state index is 13.0. The summed E-state index contributed by atoms with van der Waals surface area (Å²) in [5, 5.41) is 6.98. The van der Waals surface area contributed by atoms with Crippen molar-refractivity contribution in [3.05, 3.63) is 71.0 Å². The third-order valence-electron chi connectivity index (χ3n) is 5.30. The second kappa shape index (κ2) is 12.1. The van der Waals surface area contributed by atoms with Gasteiger partial charge in [0.05, 0.1) is 0 Å². The molecule has 0 bridgehead atoms. The number of hydrogen-bond acceptors (Lipinski definition) is 2. The molecular formula is C23H32FIN4. The van der Waals surface area contributed by atoms with Gasteiger partial charge in [-0.1, -0.05) is 42.0 Å². The predicted octanol–water partition coefficient (Wildman–Crippen LogP) is 4.12. The largest absolute Gasteiger partial charge is 0.356 e. The molecule has 1 aliphatic rings. The van der Waals surface area contributed by atoms with Crippen LogP contribution in [0.15, 0.2) is 53.5 Å². The summed E-state index contributed by atoms with van der Waals surface area (Å²) in [6, 6.07) is 15.9. The van der Waals surface area contributed by atoms with Crippen LogP contribution in [0.3, 0.4) is 0 Å². The fourth-order valence-corrected chi connectivity index (χ4v) is 3.55. The zero-order chi connectivity index (χ0) is 19.8. The normalized spacial score (nSPS) is 15.6. The smallest absolute Gasteiger partial charge is 0.191 e. The first kappa shape index (κ1) is 23.6. The van der Waals surface area contributed by atoms with E-state index in [0.29, 0.717) is 6.04 Å². The Bertz CT molecular complexity index is 753. The zero-order valence-corrected chi connectivity index (χ0v) is 19.7. The number of guanidine groups is 1. The first-order valence-corrected chi connectivity index (χ1v) is 10.1. The molecule has 0 aliphatic carbocycles. The molecule has 1 saturated heterocycles. The lowest BCUT2D eigenvalue weighted by Crippen LogP contribution is -2.48. The highest BCUT2D eigenvalue weighted by Crippen LogP contribution is 2.14. The van der Waals surface area contributed by atoms with Crippen molar-refractivity contribution in [2.75, 3.05) is 26.7 Å². The second-order valence-electron chi connectivity index (χ2n) is 7.56. The lowest BCUT2D eigenvalue weighted by atomic mass is 10.0. The van der Waals surface area contributed by atoms with E-state index in [1.165, 1.54) is 28.8 Å². The Balaban J connectivity index is 0.00000300. The standard InChI is InChI=1S/C23H31FN4.HI/c1-18-3-5-19(6-4-18)11-14-26-23(25-2)27-22-12-15-28(16-13-22)17-20-7-9-21(24)10-8-20;/h3-10,22H,11-17H2,1-2H3,(H2,25,26,27);1H. The third-order valence-corrected chi connectivity index (χ3v) is 5.30. The van der Waals surface area contributed by atoms with Crippen LogP contribution < -0.4 is 10.6 Å². The van der Waals surface area contributed by atoms with Crippen LogP contribution in [-0.4, -0.2) is 43.6 Å². The van der Waals surface area contributed by atoms with Crippen molar-refractivity contribution in [2.45, 2.75) is 38.8 Å². The average Bonchev–Trinajstić information content (AvgIpc) is 2.72. The Morgan fingerprint density at radius 2 is 1.66 bits per heavy atom. The second-order valence-corrected chi connectivity index (χ2v) is 7.56. The molecule has 4 nitrogen and oxygen atoms in total. The summed E-state index contributed by atoms with van der Waals surface area (Å²) < 4.78 is 13.0. The van der Waals surface area contributed by atoms with Gasteiger partial charge < -0.3 is 10.6 Å². The van der Waals surface area contributed by atoms with Crippen LogP contribution in [0.2, 0.25) is 0 Å². The van der Waals surface area contributed by atoms with Crippen LogP contribution in [0, 0.1) is 12.7 Å². The van der Waals surface area contributed by atoms with Gasteiger partial charge in [-0.15, -0.1) is 24.0 Å². The van der Waals surface area contributed by atoms with Crippen LogP contribution >= 0.6 is 24.0 Å². The van der Waals surface area contributed by atoms with Gasteiger partial charge in [0.2, 0.25) is 0 Å². The highest BCUT2D eigenvalue weighted by molar-refractivity contribution is 14.0. The molecule has 3 rings (SSSR count). The lowest BCUT2D eigenvalue weighted by molar-refractivity contribution is 0.198. The minimum Gasteiger partial charge on any atom is -0.356 e. The summed E-state index contributed by atoms with van der Waals surface area (Å²) in [4.78, 5) is 6.80. The van der Waals surface area contributed by atoms with E-state index in [9.17, 15) is 4.39 Å². The summed E-state index contributed by atoms with van der Waals surface area (Å²) in [7, 11) is 1.82. The molecule has 0 radical (unpaired) electrons. The maximum absolute atomic E-state index is 13.0. The van der Waals surface area contributed by atoms with Crippen LogP contribution in [-0.2, 0) is 13.0 Å². The van der Waals surface area contributed by atoms with Gasteiger partial charge in [0, 0.05) is 39.3 Å². The fourth-order valence-electron chi connectivity index (χ4n) is 3.55. The number of halogens is 2. The van der Waals surface area contributed by atoms with E-state index < -0.39 is 0 Å².